The molecule has 9 nitrogen and oxygen atoms in total. The molecule has 3 aromatic rings. The number of thiazole rings is 1. The van der Waals surface area contributed by atoms with Gasteiger partial charge in [-0.15, -0.1) is 0 Å². The minimum absolute atomic E-state index is 0.00578. The van der Waals surface area contributed by atoms with Crippen molar-refractivity contribution in [3.8, 4) is 0 Å². The number of rotatable bonds is 13. The summed E-state index contributed by atoms with van der Waals surface area (Å²) in [5.41, 5.74) is 1.61. The highest BCUT2D eigenvalue weighted by atomic mass is 32.2. The fraction of sp³-hybridized carbons (Fsp3) is 0.455. The Labute approximate surface area is 201 Å². The smallest absolute Gasteiger partial charge is 0.331 e. The minimum atomic E-state index is -0.959. The van der Waals surface area contributed by atoms with Gasteiger partial charge in [0.1, 0.15) is 10.7 Å². The average molecular weight is 492 g/mol. The van der Waals surface area contributed by atoms with Gasteiger partial charge >= 0.3 is 5.97 Å². The van der Waals surface area contributed by atoms with Crippen LogP contribution in [0.2, 0.25) is 0 Å². The Balaban J connectivity index is 1.91. The molecule has 0 radical (unpaired) electrons. The molecule has 0 saturated carbocycles. The Bertz CT molecular complexity index is 1030. The first-order valence-corrected chi connectivity index (χ1v) is 12.6. The zero-order valence-corrected chi connectivity index (χ0v) is 20.3. The summed E-state index contributed by atoms with van der Waals surface area (Å²) in [5, 5.41) is 26.7. The summed E-state index contributed by atoms with van der Waals surface area (Å²) in [7, 11) is 0. The molecule has 1 unspecified atom stereocenters. The molecule has 0 aliphatic rings. The molecule has 4 N–H and O–H groups in total. The number of carbonyl (C=O) groups is 1. The summed E-state index contributed by atoms with van der Waals surface area (Å²) in [6.45, 7) is 3.53. The van der Waals surface area contributed by atoms with Crippen LogP contribution in [0.25, 0.3) is 10.3 Å². The number of hydrogen-bond donors (Lipinski definition) is 4. The molecule has 11 heteroatoms. The van der Waals surface area contributed by atoms with E-state index < -0.39 is 18.6 Å². The van der Waals surface area contributed by atoms with E-state index in [1.807, 2.05) is 30.3 Å². The van der Waals surface area contributed by atoms with Gasteiger partial charge < -0.3 is 25.6 Å². The lowest BCUT2D eigenvalue weighted by atomic mass is 10.2. The van der Waals surface area contributed by atoms with Crippen molar-refractivity contribution in [2.24, 2.45) is 0 Å². The van der Waals surface area contributed by atoms with Gasteiger partial charge in [-0.05, 0) is 18.9 Å². The van der Waals surface area contributed by atoms with Gasteiger partial charge in [0.2, 0.25) is 0 Å². The summed E-state index contributed by atoms with van der Waals surface area (Å²) < 4.78 is 5.70. The highest BCUT2D eigenvalue weighted by Gasteiger charge is 2.23. The van der Waals surface area contributed by atoms with Crippen LogP contribution in [-0.4, -0.2) is 63.0 Å². The number of aliphatic hydroxyl groups is 2. The molecule has 178 valence electrons. The van der Waals surface area contributed by atoms with E-state index in [4.69, 9.17) is 4.74 Å². The topological polar surface area (TPSA) is 129 Å². The van der Waals surface area contributed by atoms with Crippen molar-refractivity contribution in [1.29, 1.82) is 0 Å². The lowest BCUT2D eigenvalue weighted by Gasteiger charge is -2.16. The van der Waals surface area contributed by atoms with Gasteiger partial charge in [-0.3, -0.25) is 0 Å². The lowest BCUT2D eigenvalue weighted by molar-refractivity contribution is -0.144. The number of hydrogen-bond acceptors (Lipinski definition) is 11. The number of thioether (sulfide) groups is 1. The number of esters is 1. The number of benzene rings is 1. The van der Waals surface area contributed by atoms with Crippen molar-refractivity contribution < 1.29 is 19.7 Å². The summed E-state index contributed by atoms with van der Waals surface area (Å²) >= 11 is 2.79. The van der Waals surface area contributed by atoms with Crippen LogP contribution in [0.3, 0.4) is 0 Å². The Hall–Kier alpha value is -2.47. The van der Waals surface area contributed by atoms with Gasteiger partial charge in [0, 0.05) is 5.75 Å². The molecule has 2 atom stereocenters. The molecule has 1 aromatic carbocycles. The Kier molecular flexibility index (Phi) is 9.67. The molecule has 0 saturated heterocycles. The zero-order chi connectivity index (χ0) is 23.6. The number of nitrogens with one attached hydrogen (secondary N) is 2. The van der Waals surface area contributed by atoms with E-state index >= 15 is 0 Å². The van der Waals surface area contributed by atoms with Crippen molar-refractivity contribution >= 4 is 50.4 Å². The van der Waals surface area contributed by atoms with Crippen LogP contribution in [0.15, 0.2) is 35.5 Å². The molecular weight excluding hydrogens is 462 g/mol. The fourth-order valence-corrected chi connectivity index (χ4v) is 4.80. The van der Waals surface area contributed by atoms with E-state index in [0.29, 0.717) is 32.2 Å². The monoisotopic (exact) mass is 491 g/mol. The molecule has 0 fully saturated rings. The number of carbonyl (C=O) groups excluding carboxylic acids is 1. The third-order valence-corrected chi connectivity index (χ3v) is 6.59. The first-order valence-electron chi connectivity index (χ1n) is 10.8. The van der Waals surface area contributed by atoms with Crippen molar-refractivity contribution in [3.63, 3.8) is 0 Å². The van der Waals surface area contributed by atoms with Crippen molar-refractivity contribution in [3.05, 3.63) is 35.9 Å². The molecule has 0 bridgehead atoms. The fourth-order valence-electron chi connectivity index (χ4n) is 3.07. The first kappa shape index (κ1) is 25.2. The third-order valence-electron chi connectivity index (χ3n) is 4.69. The van der Waals surface area contributed by atoms with Crippen LogP contribution in [-0.2, 0) is 15.3 Å². The van der Waals surface area contributed by atoms with Gasteiger partial charge in [0.25, 0.3) is 0 Å². The molecular formula is C22H29N5O4S2. The van der Waals surface area contributed by atoms with E-state index in [9.17, 15) is 15.0 Å². The summed E-state index contributed by atoms with van der Waals surface area (Å²) in [5.74, 6) is 0.520. The van der Waals surface area contributed by atoms with Gasteiger partial charge in [0.15, 0.2) is 21.8 Å². The molecule has 33 heavy (non-hydrogen) atoms. The summed E-state index contributed by atoms with van der Waals surface area (Å²) in [6, 6.07) is 8.90. The highest BCUT2D eigenvalue weighted by Crippen LogP contribution is 2.33. The van der Waals surface area contributed by atoms with Crippen molar-refractivity contribution in [1.82, 2.24) is 15.0 Å². The summed E-state index contributed by atoms with van der Waals surface area (Å²) in [4.78, 5) is 26.0. The van der Waals surface area contributed by atoms with E-state index in [1.165, 1.54) is 23.1 Å². The van der Waals surface area contributed by atoms with Crippen molar-refractivity contribution in [2.75, 3.05) is 30.5 Å². The second kappa shape index (κ2) is 12.7. The standard InChI is InChI=1S/C22H29N5O4S2/c1-3-8-15(11-28)23-22-27-19-17(33-22)18(24-16(12-29)20(30)31-4-2)25-21(26-19)32-13-14-9-6-5-7-10-14/h5-7,9-10,15-16,28-29H,3-4,8,11-13H2,1-2H3,(H2,23,24,25,26,27)/t15?,16-/m0/s1. The second-order valence-corrected chi connectivity index (χ2v) is 9.19. The number of anilines is 2. The Morgan fingerprint density at radius 2 is 1.91 bits per heavy atom. The average Bonchev–Trinajstić information content (AvgIpc) is 3.24. The maximum absolute atomic E-state index is 12.2. The predicted octanol–water partition coefficient (Wildman–Crippen LogP) is 3.29. The number of ether oxygens (including phenoxy) is 1. The van der Waals surface area contributed by atoms with Crippen LogP contribution >= 0.6 is 23.1 Å². The third kappa shape index (κ3) is 7.00. The van der Waals surface area contributed by atoms with Crippen molar-refractivity contribution in [2.45, 2.75) is 49.7 Å². The first-order chi connectivity index (χ1) is 16.1. The maximum atomic E-state index is 12.2. The Morgan fingerprint density at radius 3 is 2.58 bits per heavy atom. The molecule has 0 aliphatic heterocycles. The molecule has 2 aromatic heterocycles. The lowest BCUT2D eigenvalue weighted by Crippen LogP contribution is -2.35. The van der Waals surface area contributed by atoms with Gasteiger partial charge in [-0.1, -0.05) is 66.8 Å². The van der Waals surface area contributed by atoms with Crippen LogP contribution in [0.5, 0.6) is 0 Å². The van der Waals surface area contributed by atoms with Gasteiger partial charge in [0.05, 0.1) is 25.9 Å². The number of aliphatic hydroxyl groups excluding tert-OH is 2. The van der Waals surface area contributed by atoms with Gasteiger partial charge in [-0.2, -0.15) is 4.98 Å². The normalized spacial score (nSPS) is 13.0. The van der Waals surface area contributed by atoms with Gasteiger partial charge in [-0.25, -0.2) is 14.8 Å². The minimum Gasteiger partial charge on any atom is -0.464 e. The summed E-state index contributed by atoms with van der Waals surface area (Å²) in [6.07, 6.45) is 1.73. The molecule has 0 amide bonds. The van der Waals surface area contributed by atoms with E-state index in [-0.39, 0.29) is 19.3 Å². The number of fused-ring (bicyclic) bond motifs is 1. The Morgan fingerprint density at radius 1 is 1.12 bits per heavy atom. The SMILES string of the molecule is CCCC(CO)Nc1nc2nc(SCc3ccccc3)nc(N[C@@H](CO)C(=O)OCC)c2s1. The van der Waals surface area contributed by atoms with E-state index in [2.05, 4.69) is 32.5 Å². The highest BCUT2D eigenvalue weighted by molar-refractivity contribution is 7.98. The maximum Gasteiger partial charge on any atom is 0.331 e. The van der Waals surface area contributed by atoms with E-state index in [0.717, 1.165) is 18.4 Å². The second-order valence-electron chi connectivity index (χ2n) is 7.24. The quantitative estimate of drug-likeness (QED) is 0.161. The number of aromatic nitrogens is 3. The molecule has 3 rings (SSSR count). The predicted molar refractivity (Wildman–Crippen MR) is 132 cm³/mol. The largest absolute Gasteiger partial charge is 0.464 e. The molecule has 2 heterocycles. The zero-order valence-electron chi connectivity index (χ0n) is 18.7. The van der Waals surface area contributed by atoms with Crippen LogP contribution in [0.4, 0.5) is 10.9 Å². The molecule has 0 aliphatic carbocycles. The van der Waals surface area contributed by atoms with E-state index in [1.54, 1.807) is 6.92 Å². The van der Waals surface area contributed by atoms with Crippen LogP contribution in [0, 0.1) is 0 Å². The molecule has 0 spiro atoms. The van der Waals surface area contributed by atoms with Crippen LogP contribution in [0.1, 0.15) is 32.3 Å². The number of nitrogens with zero attached hydrogens (tertiary/aromatic N) is 3. The van der Waals surface area contributed by atoms with Crippen LogP contribution < -0.4 is 10.6 Å².